The fourth-order valence-corrected chi connectivity index (χ4v) is 3.79. The second kappa shape index (κ2) is 9.75. The van der Waals surface area contributed by atoms with E-state index < -0.39 is 0 Å². The molecule has 1 amide bonds. The van der Waals surface area contributed by atoms with Crippen LogP contribution in [0.5, 0.6) is 0 Å². The number of nitrogens with zero attached hydrogens (tertiary/aromatic N) is 2. The Hall–Kier alpha value is -2.32. The number of nitrogens with one attached hydrogen (secondary N) is 2. The lowest BCUT2D eigenvalue weighted by molar-refractivity contribution is -0.119. The Balaban J connectivity index is 1.54. The predicted octanol–water partition coefficient (Wildman–Crippen LogP) is 3.55. The van der Waals surface area contributed by atoms with Crippen LogP contribution in [0.1, 0.15) is 24.1 Å². The van der Waals surface area contributed by atoms with E-state index >= 15 is 0 Å². The summed E-state index contributed by atoms with van der Waals surface area (Å²) < 4.78 is 2.57. The van der Waals surface area contributed by atoms with Gasteiger partial charge in [-0.2, -0.15) is 0 Å². The number of halogens is 1. The van der Waals surface area contributed by atoms with E-state index in [9.17, 15) is 9.59 Å². The van der Waals surface area contributed by atoms with Crippen molar-refractivity contribution >= 4 is 33.6 Å². The molecule has 0 aliphatic carbocycles. The van der Waals surface area contributed by atoms with Gasteiger partial charge in [0.2, 0.25) is 5.91 Å². The average molecular weight is 461 g/mol. The Morgan fingerprint density at radius 1 is 1.21 bits per heavy atom. The molecule has 3 rings (SSSR count). The molecule has 1 aromatic heterocycles. The molecule has 2 N–H and O–H groups in total. The molecule has 0 bridgehead atoms. The predicted molar refractivity (Wildman–Crippen MR) is 114 cm³/mol. The number of aromatic amines is 1. The third-order valence-corrected chi connectivity index (χ3v) is 5.78. The van der Waals surface area contributed by atoms with Crippen molar-refractivity contribution in [3.8, 4) is 0 Å². The molecule has 0 saturated carbocycles. The third-order valence-electron chi connectivity index (χ3n) is 4.27. The summed E-state index contributed by atoms with van der Waals surface area (Å²) in [6.07, 6.45) is 0.723. The Kier molecular flexibility index (Phi) is 7.11. The Morgan fingerprint density at radius 3 is 2.64 bits per heavy atom. The fourth-order valence-electron chi connectivity index (χ4n) is 2.74. The molecule has 3 aromatic rings. The summed E-state index contributed by atoms with van der Waals surface area (Å²) in [7, 11) is 0. The standard InChI is InChI=1S/C20H21BrN4O2S/c1-14(16-7-9-17(21)10-8-16)22-18(26)13-28-20-24-23-19(27)25(20)12-11-15-5-3-2-4-6-15/h2-10,14H,11-13H2,1H3,(H,22,26)(H,23,27). The lowest BCUT2D eigenvalue weighted by Gasteiger charge is -2.14. The average Bonchev–Trinajstić information content (AvgIpc) is 3.05. The normalized spacial score (nSPS) is 11.9. The SMILES string of the molecule is CC(NC(=O)CSc1n[nH]c(=O)n1CCc1ccccc1)c1ccc(Br)cc1. The summed E-state index contributed by atoms with van der Waals surface area (Å²) in [4.78, 5) is 24.3. The second-order valence-electron chi connectivity index (χ2n) is 6.33. The molecule has 146 valence electrons. The zero-order valence-corrected chi connectivity index (χ0v) is 17.8. The number of hydrogen-bond donors (Lipinski definition) is 2. The van der Waals surface area contributed by atoms with Crippen molar-refractivity contribution in [3.63, 3.8) is 0 Å². The number of carbonyl (C=O) groups excluding carboxylic acids is 1. The summed E-state index contributed by atoms with van der Waals surface area (Å²) in [6, 6.07) is 17.7. The van der Waals surface area contributed by atoms with Crippen molar-refractivity contribution < 1.29 is 4.79 Å². The highest BCUT2D eigenvalue weighted by Gasteiger charge is 2.14. The van der Waals surface area contributed by atoms with Crippen LogP contribution in [0.3, 0.4) is 0 Å². The van der Waals surface area contributed by atoms with E-state index in [-0.39, 0.29) is 23.4 Å². The summed E-state index contributed by atoms with van der Waals surface area (Å²) >= 11 is 4.66. The summed E-state index contributed by atoms with van der Waals surface area (Å²) in [5, 5.41) is 10.0. The maximum absolute atomic E-state index is 12.3. The van der Waals surface area contributed by atoms with E-state index in [2.05, 4.69) is 31.4 Å². The van der Waals surface area contributed by atoms with Crippen LogP contribution >= 0.6 is 27.7 Å². The topological polar surface area (TPSA) is 79.8 Å². The van der Waals surface area contributed by atoms with Gasteiger partial charge >= 0.3 is 5.69 Å². The quantitative estimate of drug-likeness (QED) is 0.503. The van der Waals surface area contributed by atoms with Crippen molar-refractivity contribution in [2.75, 3.05) is 5.75 Å². The van der Waals surface area contributed by atoms with Gasteiger partial charge in [-0.1, -0.05) is 70.2 Å². The molecule has 28 heavy (non-hydrogen) atoms. The van der Waals surface area contributed by atoms with Gasteiger partial charge in [-0.05, 0) is 36.6 Å². The van der Waals surface area contributed by atoms with Crippen LogP contribution in [0.25, 0.3) is 0 Å². The molecule has 0 spiro atoms. The smallest absolute Gasteiger partial charge is 0.343 e. The first kappa shape index (κ1) is 20.4. The van der Waals surface area contributed by atoms with Gasteiger partial charge in [0.1, 0.15) is 0 Å². The lowest BCUT2D eigenvalue weighted by atomic mass is 10.1. The molecule has 1 unspecified atom stereocenters. The number of aromatic nitrogens is 3. The molecule has 1 heterocycles. The third kappa shape index (κ3) is 5.59. The molecule has 0 aliphatic heterocycles. The zero-order chi connectivity index (χ0) is 19.9. The highest BCUT2D eigenvalue weighted by atomic mass is 79.9. The van der Waals surface area contributed by atoms with Crippen LogP contribution in [0.15, 0.2) is 69.0 Å². The van der Waals surface area contributed by atoms with Gasteiger partial charge in [-0.3, -0.25) is 9.36 Å². The molecule has 1 atom stereocenters. The van der Waals surface area contributed by atoms with E-state index in [4.69, 9.17) is 0 Å². The first-order valence-corrected chi connectivity index (χ1v) is 10.7. The molecule has 0 aliphatic rings. The maximum Gasteiger partial charge on any atom is 0.343 e. The number of amides is 1. The summed E-state index contributed by atoms with van der Waals surface area (Å²) in [5.74, 6) is 0.0849. The van der Waals surface area contributed by atoms with E-state index in [1.165, 1.54) is 11.8 Å². The minimum absolute atomic E-state index is 0.0966. The molecular weight excluding hydrogens is 440 g/mol. The monoisotopic (exact) mass is 460 g/mol. The number of carbonyl (C=O) groups is 1. The van der Waals surface area contributed by atoms with Crippen molar-refractivity contribution in [1.29, 1.82) is 0 Å². The van der Waals surface area contributed by atoms with Crippen molar-refractivity contribution in [3.05, 3.63) is 80.7 Å². The van der Waals surface area contributed by atoms with E-state index in [1.807, 2.05) is 61.5 Å². The van der Waals surface area contributed by atoms with Crippen molar-refractivity contribution in [2.45, 2.75) is 31.1 Å². The highest BCUT2D eigenvalue weighted by Crippen LogP contribution is 2.18. The van der Waals surface area contributed by atoms with Gasteiger partial charge < -0.3 is 5.32 Å². The molecule has 0 fully saturated rings. The second-order valence-corrected chi connectivity index (χ2v) is 8.19. The first-order valence-electron chi connectivity index (χ1n) is 8.89. The number of aryl methyl sites for hydroxylation is 1. The van der Waals surface area contributed by atoms with Crippen LogP contribution in [0, 0.1) is 0 Å². The van der Waals surface area contributed by atoms with Gasteiger partial charge in [-0.15, -0.1) is 5.10 Å². The van der Waals surface area contributed by atoms with Crippen LogP contribution in [-0.2, 0) is 17.8 Å². The fraction of sp³-hybridized carbons (Fsp3) is 0.250. The molecule has 0 radical (unpaired) electrons. The summed E-state index contributed by atoms with van der Waals surface area (Å²) in [6.45, 7) is 2.45. The minimum Gasteiger partial charge on any atom is -0.349 e. The molecule has 0 saturated heterocycles. The number of rotatable bonds is 8. The van der Waals surface area contributed by atoms with Gasteiger partial charge in [0, 0.05) is 11.0 Å². The van der Waals surface area contributed by atoms with Gasteiger partial charge in [-0.25, -0.2) is 9.89 Å². The van der Waals surface area contributed by atoms with Gasteiger partial charge in [0.05, 0.1) is 11.8 Å². The van der Waals surface area contributed by atoms with Crippen LogP contribution in [-0.4, -0.2) is 26.4 Å². The van der Waals surface area contributed by atoms with E-state index in [0.717, 1.165) is 22.0 Å². The number of thioether (sulfide) groups is 1. The summed E-state index contributed by atoms with van der Waals surface area (Å²) in [5.41, 5.74) is 1.91. The number of H-pyrrole nitrogens is 1. The Bertz CT molecular complexity index is 970. The first-order chi connectivity index (χ1) is 13.5. The lowest BCUT2D eigenvalue weighted by Crippen LogP contribution is -2.28. The van der Waals surface area contributed by atoms with Crippen LogP contribution < -0.4 is 11.0 Å². The Morgan fingerprint density at radius 2 is 1.93 bits per heavy atom. The molecular formula is C20H21BrN4O2S. The van der Waals surface area contributed by atoms with Crippen LogP contribution in [0.4, 0.5) is 0 Å². The zero-order valence-electron chi connectivity index (χ0n) is 15.4. The minimum atomic E-state index is -0.262. The van der Waals surface area contributed by atoms with Gasteiger partial charge in [0.25, 0.3) is 0 Å². The van der Waals surface area contributed by atoms with Gasteiger partial charge in [0.15, 0.2) is 5.16 Å². The Labute approximate surface area is 175 Å². The maximum atomic E-state index is 12.3. The molecule has 6 nitrogen and oxygen atoms in total. The van der Waals surface area contributed by atoms with E-state index in [0.29, 0.717) is 11.7 Å². The number of hydrogen-bond acceptors (Lipinski definition) is 4. The molecule has 2 aromatic carbocycles. The largest absolute Gasteiger partial charge is 0.349 e. The molecule has 8 heteroatoms. The van der Waals surface area contributed by atoms with Crippen molar-refractivity contribution in [2.24, 2.45) is 0 Å². The van der Waals surface area contributed by atoms with Crippen LogP contribution in [0.2, 0.25) is 0 Å². The number of benzene rings is 2. The van der Waals surface area contributed by atoms with Crippen molar-refractivity contribution in [1.82, 2.24) is 20.1 Å². The van der Waals surface area contributed by atoms with E-state index in [1.54, 1.807) is 4.57 Å². The highest BCUT2D eigenvalue weighted by molar-refractivity contribution is 9.10.